The first-order valence-corrected chi connectivity index (χ1v) is 14.0. The lowest BCUT2D eigenvalue weighted by Gasteiger charge is -2.24. The molecular weight excluding hydrogens is 540 g/mol. The maximum Gasteiger partial charge on any atom is 0.307 e. The van der Waals surface area contributed by atoms with Gasteiger partial charge in [0.25, 0.3) is 5.69 Å². The number of nitro groups is 1. The van der Waals surface area contributed by atoms with E-state index in [1.165, 1.54) is 35.2 Å². The predicted octanol–water partition coefficient (Wildman–Crippen LogP) is 5.83. The van der Waals surface area contributed by atoms with Gasteiger partial charge in [-0.2, -0.15) is 0 Å². The van der Waals surface area contributed by atoms with E-state index in [1.807, 2.05) is 19.1 Å². The van der Waals surface area contributed by atoms with Crippen molar-refractivity contribution in [3.63, 3.8) is 0 Å². The van der Waals surface area contributed by atoms with Crippen LogP contribution in [0.5, 0.6) is 0 Å². The van der Waals surface area contributed by atoms with Crippen LogP contribution in [-0.4, -0.2) is 38.0 Å². The molecule has 0 fully saturated rings. The van der Waals surface area contributed by atoms with Crippen LogP contribution in [0.25, 0.3) is 11.3 Å². The Hall–Kier alpha value is -4.03. The number of thioether (sulfide) groups is 1. The van der Waals surface area contributed by atoms with E-state index in [0.29, 0.717) is 41.3 Å². The van der Waals surface area contributed by atoms with Crippen molar-refractivity contribution >= 4 is 57.4 Å². The fourth-order valence-corrected chi connectivity index (χ4v) is 5.91. The van der Waals surface area contributed by atoms with Crippen LogP contribution in [0, 0.1) is 22.0 Å². The largest absolute Gasteiger partial charge is 0.481 e. The molecule has 3 aromatic rings. The van der Waals surface area contributed by atoms with E-state index in [1.54, 1.807) is 41.8 Å². The molecule has 1 heterocycles. The van der Waals surface area contributed by atoms with Crippen molar-refractivity contribution in [2.45, 2.75) is 36.3 Å². The summed E-state index contributed by atoms with van der Waals surface area (Å²) in [5, 5.41) is 27.8. The number of carbonyl (C=O) groups excluding carboxylic acids is 2. The average molecular weight is 567 g/mol. The Balaban J connectivity index is 1.39. The number of nitro benzene ring substituents is 1. The summed E-state index contributed by atoms with van der Waals surface area (Å²) in [6, 6.07) is 13.2. The van der Waals surface area contributed by atoms with E-state index < -0.39 is 28.0 Å². The van der Waals surface area contributed by atoms with E-state index in [9.17, 15) is 29.6 Å². The molecule has 1 aliphatic carbocycles. The Morgan fingerprint density at radius 3 is 2.59 bits per heavy atom. The Morgan fingerprint density at radius 1 is 1.13 bits per heavy atom. The lowest BCUT2D eigenvalue weighted by Crippen LogP contribution is -2.34. The molecule has 3 atom stereocenters. The molecule has 0 bridgehead atoms. The number of aliphatic carboxylic acids is 1. The van der Waals surface area contributed by atoms with Crippen molar-refractivity contribution in [1.29, 1.82) is 0 Å². The second kappa shape index (κ2) is 12.7. The molecule has 3 unspecified atom stereocenters. The summed E-state index contributed by atoms with van der Waals surface area (Å²) in [6.07, 6.45) is 4.84. The molecule has 2 aromatic carbocycles. The van der Waals surface area contributed by atoms with E-state index in [2.05, 4.69) is 15.6 Å². The summed E-state index contributed by atoms with van der Waals surface area (Å²) in [4.78, 5) is 53.2. The normalized spacial score (nSPS) is 17.3. The number of aromatic nitrogens is 1. The summed E-state index contributed by atoms with van der Waals surface area (Å²) in [6.45, 7) is 1.89. The molecular formula is C27H26N4O6S2. The minimum atomic E-state index is -0.988. The lowest BCUT2D eigenvalue weighted by molar-refractivity contribution is -0.384. The van der Waals surface area contributed by atoms with Gasteiger partial charge in [0.1, 0.15) is 0 Å². The Morgan fingerprint density at radius 2 is 1.87 bits per heavy atom. The van der Waals surface area contributed by atoms with Gasteiger partial charge in [-0.15, -0.1) is 23.1 Å². The van der Waals surface area contributed by atoms with E-state index in [0.717, 1.165) is 4.90 Å². The summed E-state index contributed by atoms with van der Waals surface area (Å²) < 4.78 is 0. The molecule has 202 valence electrons. The second-order valence-corrected chi connectivity index (χ2v) is 11.0. The molecule has 2 amide bonds. The smallest absolute Gasteiger partial charge is 0.307 e. The molecule has 0 aliphatic heterocycles. The highest BCUT2D eigenvalue weighted by Crippen LogP contribution is 2.32. The van der Waals surface area contributed by atoms with Crippen LogP contribution in [0.15, 0.2) is 71.0 Å². The number of benzene rings is 2. The molecule has 39 heavy (non-hydrogen) atoms. The fourth-order valence-electron chi connectivity index (χ4n) is 4.17. The molecule has 0 radical (unpaired) electrons. The van der Waals surface area contributed by atoms with Crippen LogP contribution in [0.3, 0.4) is 0 Å². The molecule has 1 aromatic heterocycles. The fraction of sp³-hybridized carbons (Fsp3) is 0.259. The van der Waals surface area contributed by atoms with E-state index in [-0.39, 0.29) is 17.5 Å². The third kappa shape index (κ3) is 7.09. The van der Waals surface area contributed by atoms with Crippen molar-refractivity contribution in [2.75, 3.05) is 10.6 Å². The number of carboxylic acid groups (broad SMARTS) is 1. The zero-order valence-electron chi connectivity index (χ0n) is 20.9. The van der Waals surface area contributed by atoms with Crippen LogP contribution < -0.4 is 10.6 Å². The van der Waals surface area contributed by atoms with Crippen LogP contribution >= 0.6 is 23.1 Å². The highest BCUT2D eigenvalue weighted by atomic mass is 32.2. The monoisotopic (exact) mass is 566 g/mol. The van der Waals surface area contributed by atoms with Gasteiger partial charge in [0.15, 0.2) is 5.13 Å². The predicted molar refractivity (Wildman–Crippen MR) is 151 cm³/mol. The summed E-state index contributed by atoms with van der Waals surface area (Å²) in [5.74, 6) is -2.98. The maximum atomic E-state index is 13.0. The van der Waals surface area contributed by atoms with Crippen molar-refractivity contribution < 1.29 is 24.4 Å². The van der Waals surface area contributed by atoms with Gasteiger partial charge in [0, 0.05) is 33.7 Å². The van der Waals surface area contributed by atoms with Crippen molar-refractivity contribution in [3.05, 3.63) is 76.2 Å². The van der Waals surface area contributed by atoms with Crippen LogP contribution in [0.1, 0.15) is 26.2 Å². The number of thiazole rings is 1. The Labute approximate surface area is 232 Å². The first kappa shape index (κ1) is 28.0. The highest BCUT2D eigenvalue weighted by molar-refractivity contribution is 8.00. The van der Waals surface area contributed by atoms with Gasteiger partial charge >= 0.3 is 5.97 Å². The topological polar surface area (TPSA) is 152 Å². The zero-order chi connectivity index (χ0) is 27.9. The van der Waals surface area contributed by atoms with Crippen LogP contribution in [-0.2, 0) is 14.4 Å². The standard InChI is InChI=1S/C27H26N4O6S2/c1-2-23(25(33)30-27-29-22(15-38-27)16-7-5-9-18(13-16)31(36)37)39-19-10-6-8-17(14-19)28-24(32)20-11-3-4-12-21(20)26(34)35/h3-10,13-15,20-21,23H,2,11-12H2,1H3,(H,28,32)(H,34,35)(H,29,30,33). The van der Waals surface area contributed by atoms with Crippen molar-refractivity contribution in [2.24, 2.45) is 11.8 Å². The average Bonchev–Trinajstić information content (AvgIpc) is 3.40. The summed E-state index contributed by atoms with van der Waals surface area (Å²) >= 11 is 2.57. The minimum absolute atomic E-state index is 0.0377. The number of non-ortho nitro benzene ring substituents is 1. The Kier molecular flexibility index (Phi) is 9.10. The quantitative estimate of drug-likeness (QED) is 0.120. The van der Waals surface area contributed by atoms with Gasteiger partial charge in [0.2, 0.25) is 11.8 Å². The number of rotatable bonds is 10. The minimum Gasteiger partial charge on any atom is -0.481 e. The third-order valence-corrected chi connectivity index (χ3v) is 8.33. The number of nitrogens with zero attached hydrogens (tertiary/aromatic N) is 2. The van der Waals surface area contributed by atoms with E-state index in [4.69, 9.17) is 0 Å². The van der Waals surface area contributed by atoms with Gasteiger partial charge in [-0.1, -0.05) is 37.3 Å². The molecule has 0 saturated heterocycles. The molecule has 12 heteroatoms. The molecule has 4 rings (SSSR count). The number of anilines is 2. The lowest BCUT2D eigenvalue weighted by atomic mass is 9.82. The number of allylic oxidation sites excluding steroid dienone is 2. The van der Waals surface area contributed by atoms with Gasteiger partial charge in [-0.25, -0.2) is 4.98 Å². The van der Waals surface area contributed by atoms with Gasteiger partial charge < -0.3 is 15.7 Å². The van der Waals surface area contributed by atoms with Gasteiger partial charge in [-0.3, -0.25) is 24.5 Å². The molecule has 0 spiro atoms. The molecule has 0 saturated carbocycles. The summed E-state index contributed by atoms with van der Waals surface area (Å²) in [7, 11) is 0. The third-order valence-electron chi connectivity index (χ3n) is 6.22. The maximum absolute atomic E-state index is 13.0. The van der Waals surface area contributed by atoms with Gasteiger partial charge in [0.05, 0.1) is 27.7 Å². The summed E-state index contributed by atoms with van der Waals surface area (Å²) in [5.41, 5.74) is 1.60. The SMILES string of the molecule is CCC(Sc1cccc(NC(=O)C2CC=CCC2C(=O)O)c1)C(=O)Nc1nc(-c2cccc([N+](=O)[O-])c2)cs1. The number of nitrogens with one attached hydrogen (secondary N) is 2. The first-order chi connectivity index (χ1) is 18.7. The number of carbonyl (C=O) groups is 3. The number of hydrogen-bond acceptors (Lipinski definition) is 8. The van der Waals surface area contributed by atoms with Crippen molar-refractivity contribution in [1.82, 2.24) is 4.98 Å². The number of carboxylic acids is 1. The number of hydrogen-bond donors (Lipinski definition) is 3. The Bertz CT molecular complexity index is 1420. The molecule has 1 aliphatic rings. The first-order valence-electron chi connectivity index (χ1n) is 12.2. The van der Waals surface area contributed by atoms with Crippen molar-refractivity contribution in [3.8, 4) is 11.3 Å². The zero-order valence-corrected chi connectivity index (χ0v) is 22.5. The van der Waals surface area contributed by atoms with Crippen LogP contribution in [0.2, 0.25) is 0 Å². The second-order valence-electron chi connectivity index (χ2n) is 8.86. The number of amides is 2. The molecule has 3 N–H and O–H groups in total. The van der Waals surface area contributed by atoms with Crippen LogP contribution in [0.4, 0.5) is 16.5 Å². The highest BCUT2D eigenvalue weighted by Gasteiger charge is 2.34. The van der Waals surface area contributed by atoms with Gasteiger partial charge in [-0.05, 0) is 37.5 Å². The molecule has 10 nitrogen and oxygen atoms in total. The van der Waals surface area contributed by atoms with E-state index >= 15 is 0 Å².